The Morgan fingerprint density at radius 3 is 2.23 bits per heavy atom. The first-order valence-electron chi connectivity index (χ1n) is 3.35. The summed E-state index contributed by atoms with van der Waals surface area (Å²) in [5, 5.41) is 16.3. The van der Waals surface area contributed by atoms with Crippen molar-refractivity contribution in [1.82, 2.24) is 0 Å². The van der Waals surface area contributed by atoms with E-state index in [4.69, 9.17) is 15.9 Å². The number of carboxylic acid groups (broad SMARTS) is 2. The molecular weight excluding hydrogens is 182 g/mol. The van der Waals surface area contributed by atoms with Crippen molar-refractivity contribution in [3.8, 4) is 0 Å². The second-order valence-electron chi connectivity index (χ2n) is 2.22. The fourth-order valence-corrected chi connectivity index (χ4v) is 0.545. The highest BCUT2D eigenvalue weighted by Gasteiger charge is 2.15. The van der Waals surface area contributed by atoms with E-state index < -0.39 is 24.1 Å². The summed E-state index contributed by atoms with van der Waals surface area (Å²) in [6.45, 7) is 0. The molecule has 1 atom stereocenters. The van der Waals surface area contributed by atoms with Gasteiger partial charge in [0.25, 0.3) is 0 Å². The van der Waals surface area contributed by atoms with E-state index in [1.54, 1.807) is 0 Å². The maximum atomic E-state index is 10.5. The summed E-state index contributed by atoms with van der Waals surface area (Å²) in [4.78, 5) is 30.5. The number of carboxylic acids is 1. The van der Waals surface area contributed by atoms with Gasteiger partial charge >= 0.3 is 18.1 Å². The minimum Gasteiger partial charge on any atom is -0.480 e. The molecule has 7 nitrogen and oxygen atoms in total. The van der Waals surface area contributed by atoms with Crippen molar-refractivity contribution < 1.29 is 29.3 Å². The van der Waals surface area contributed by atoms with Crippen molar-refractivity contribution >= 4 is 18.1 Å². The molecule has 0 radical (unpaired) electrons. The van der Waals surface area contributed by atoms with Crippen LogP contribution >= 0.6 is 0 Å². The van der Waals surface area contributed by atoms with E-state index in [0.29, 0.717) is 0 Å². The van der Waals surface area contributed by atoms with E-state index in [1.807, 2.05) is 0 Å². The van der Waals surface area contributed by atoms with Gasteiger partial charge in [-0.1, -0.05) is 0 Å². The van der Waals surface area contributed by atoms with Crippen molar-refractivity contribution in [2.24, 2.45) is 5.73 Å². The molecule has 0 spiro atoms. The summed E-state index contributed by atoms with van der Waals surface area (Å²) in [6.07, 6.45) is -2.20. The molecule has 7 heteroatoms. The van der Waals surface area contributed by atoms with Crippen LogP contribution in [-0.4, -0.2) is 34.3 Å². The van der Waals surface area contributed by atoms with Gasteiger partial charge in [0.1, 0.15) is 6.04 Å². The number of hydrogen-bond donors (Lipinski definition) is 3. The van der Waals surface area contributed by atoms with E-state index in [-0.39, 0.29) is 12.8 Å². The van der Waals surface area contributed by atoms with Gasteiger partial charge in [-0.05, 0) is 6.42 Å². The van der Waals surface area contributed by atoms with Crippen molar-refractivity contribution in [2.75, 3.05) is 0 Å². The number of aliphatic carboxylic acids is 1. The van der Waals surface area contributed by atoms with Crippen LogP contribution in [-0.2, 0) is 14.3 Å². The van der Waals surface area contributed by atoms with E-state index in [0.717, 1.165) is 0 Å². The minimum absolute atomic E-state index is 0.151. The zero-order chi connectivity index (χ0) is 10.4. The smallest absolute Gasteiger partial charge is 0.480 e. The minimum atomic E-state index is -1.71. The molecule has 0 heterocycles. The largest absolute Gasteiger partial charge is 0.513 e. The number of rotatable bonds is 4. The van der Waals surface area contributed by atoms with Gasteiger partial charge in [-0.2, -0.15) is 0 Å². The van der Waals surface area contributed by atoms with Gasteiger partial charge in [0, 0.05) is 6.42 Å². The molecule has 0 saturated heterocycles. The van der Waals surface area contributed by atoms with Crippen LogP contribution in [0, 0.1) is 0 Å². The summed E-state index contributed by atoms with van der Waals surface area (Å²) < 4.78 is 3.71. The maximum absolute atomic E-state index is 10.5. The van der Waals surface area contributed by atoms with Gasteiger partial charge in [0.2, 0.25) is 0 Å². The van der Waals surface area contributed by atoms with Gasteiger partial charge in [-0.3, -0.25) is 9.59 Å². The molecule has 13 heavy (non-hydrogen) atoms. The van der Waals surface area contributed by atoms with Gasteiger partial charge in [-0.15, -0.1) is 0 Å². The highest BCUT2D eigenvalue weighted by atomic mass is 16.7. The topological polar surface area (TPSA) is 127 Å². The molecule has 0 aromatic heterocycles. The Balaban J connectivity index is 3.70. The first-order valence-corrected chi connectivity index (χ1v) is 3.35. The SMILES string of the molecule is N[C@@H](CCC(=O)OC(=O)O)C(=O)O. The van der Waals surface area contributed by atoms with E-state index in [1.165, 1.54) is 0 Å². The maximum Gasteiger partial charge on any atom is 0.513 e. The number of carbonyl (C=O) groups is 3. The van der Waals surface area contributed by atoms with Crippen molar-refractivity contribution in [1.29, 1.82) is 0 Å². The first-order chi connectivity index (χ1) is 5.93. The quantitative estimate of drug-likeness (QED) is 0.399. The van der Waals surface area contributed by atoms with E-state index >= 15 is 0 Å². The van der Waals surface area contributed by atoms with Crippen LogP contribution in [0.3, 0.4) is 0 Å². The molecule has 0 bridgehead atoms. The number of nitrogens with two attached hydrogens (primary N) is 1. The van der Waals surface area contributed by atoms with Crippen molar-refractivity contribution in [2.45, 2.75) is 18.9 Å². The Labute approximate surface area is 73.1 Å². The lowest BCUT2D eigenvalue weighted by Crippen LogP contribution is -2.30. The van der Waals surface area contributed by atoms with Crippen LogP contribution in [0.5, 0.6) is 0 Å². The normalized spacial score (nSPS) is 11.8. The highest BCUT2D eigenvalue weighted by Crippen LogP contribution is 1.97. The predicted octanol–water partition coefficient (Wildman–Crippen LogP) is -0.600. The zero-order valence-corrected chi connectivity index (χ0v) is 6.60. The molecule has 0 aromatic rings. The van der Waals surface area contributed by atoms with Gasteiger partial charge in [-0.25, -0.2) is 4.79 Å². The first kappa shape index (κ1) is 11.4. The Morgan fingerprint density at radius 1 is 1.31 bits per heavy atom. The van der Waals surface area contributed by atoms with Crippen LogP contribution in [0.1, 0.15) is 12.8 Å². The standard InChI is InChI=1S/C6H9NO6/c7-3(5(9)10)1-2-4(8)13-6(11)12/h3H,1-2,7H2,(H,9,10)(H,11,12)/t3-/m0/s1. The fraction of sp³-hybridized carbons (Fsp3) is 0.500. The lowest BCUT2D eigenvalue weighted by Gasteiger charge is -2.03. The second-order valence-corrected chi connectivity index (χ2v) is 2.22. The Bertz CT molecular complexity index is 225. The third-order valence-electron chi connectivity index (χ3n) is 1.18. The van der Waals surface area contributed by atoms with E-state index in [9.17, 15) is 14.4 Å². The molecule has 0 amide bonds. The van der Waals surface area contributed by atoms with Crippen molar-refractivity contribution in [3.05, 3.63) is 0 Å². The monoisotopic (exact) mass is 191 g/mol. The van der Waals surface area contributed by atoms with Crippen LogP contribution in [0.4, 0.5) is 4.79 Å². The van der Waals surface area contributed by atoms with Crippen LogP contribution in [0.15, 0.2) is 0 Å². The summed E-state index contributed by atoms with van der Waals surface area (Å²) in [5.74, 6) is -2.26. The van der Waals surface area contributed by atoms with Gasteiger partial charge in [0.15, 0.2) is 0 Å². The van der Waals surface area contributed by atoms with Crippen LogP contribution in [0.2, 0.25) is 0 Å². The van der Waals surface area contributed by atoms with E-state index in [2.05, 4.69) is 4.74 Å². The average Bonchev–Trinajstić information content (AvgIpc) is 1.98. The molecule has 0 unspecified atom stereocenters. The molecule has 0 aliphatic heterocycles. The summed E-state index contributed by atoms with van der Waals surface area (Å²) in [6, 6.07) is -1.18. The molecule has 0 saturated carbocycles. The molecule has 0 fully saturated rings. The molecule has 0 rings (SSSR count). The van der Waals surface area contributed by atoms with Crippen molar-refractivity contribution in [3.63, 3.8) is 0 Å². The second kappa shape index (κ2) is 5.09. The third kappa shape index (κ3) is 5.62. The highest BCUT2D eigenvalue weighted by molar-refractivity contribution is 5.81. The lowest BCUT2D eigenvalue weighted by molar-refractivity contribution is -0.140. The zero-order valence-electron chi connectivity index (χ0n) is 6.60. The molecule has 0 aliphatic rings. The van der Waals surface area contributed by atoms with Crippen LogP contribution in [0.25, 0.3) is 0 Å². The Morgan fingerprint density at radius 2 is 1.85 bits per heavy atom. The summed E-state index contributed by atoms with van der Waals surface area (Å²) >= 11 is 0. The molecular formula is C6H9NO6. The van der Waals surface area contributed by atoms with Crippen LogP contribution < -0.4 is 5.73 Å². The number of hydrogen-bond acceptors (Lipinski definition) is 5. The third-order valence-corrected chi connectivity index (χ3v) is 1.18. The summed E-state index contributed by atoms with van der Waals surface area (Å²) in [5.41, 5.74) is 5.04. The number of esters is 1. The van der Waals surface area contributed by atoms with Gasteiger partial charge < -0.3 is 20.7 Å². The lowest BCUT2D eigenvalue weighted by atomic mass is 10.2. The Hall–Kier alpha value is -1.63. The Kier molecular flexibility index (Phi) is 4.45. The molecule has 0 aromatic carbocycles. The summed E-state index contributed by atoms with van der Waals surface area (Å²) in [7, 11) is 0. The van der Waals surface area contributed by atoms with Gasteiger partial charge in [0.05, 0.1) is 0 Å². The fourth-order valence-electron chi connectivity index (χ4n) is 0.545. The average molecular weight is 191 g/mol. The predicted molar refractivity (Wildman–Crippen MR) is 39.0 cm³/mol. The number of carbonyl (C=O) groups excluding carboxylic acids is 1. The number of ether oxygens (including phenoxy) is 1. The molecule has 74 valence electrons. The molecule has 0 aliphatic carbocycles. The molecule has 4 N–H and O–H groups in total.